The number of aromatic nitrogens is 2. The summed E-state index contributed by atoms with van der Waals surface area (Å²) in [4.78, 5) is 24.4. The van der Waals surface area contributed by atoms with Gasteiger partial charge in [-0.25, -0.2) is 4.79 Å². The molecule has 0 saturated heterocycles. The minimum absolute atomic E-state index is 0.310. The van der Waals surface area contributed by atoms with Gasteiger partial charge in [-0.15, -0.1) is 0 Å². The zero-order valence-electron chi connectivity index (χ0n) is 9.09. The monoisotopic (exact) mass is 232 g/mol. The van der Waals surface area contributed by atoms with Crippen molar-refractivity contribution in [2.24, 2.45) is 0 Å². The minimum atomic E-state index is -0.594. The first-order chi connectivity index (χ1) is 8.16. The number of nitrogens with zero attached hydrogens (tertiary/aromatic N) is 1. The van der Waals surface area contributed by atoms with Gasteiger partial charge in [0.25, 0.3) is 5.56 Å². The minimum Gasteiger partial charge on any atom is -0.494 e. The van der Waals surface area contributed by atoms with Crippen molar-refractivity contribution in [3.05, 3.63) is 62.8 Å². The fraction of sp³-hybridized carbons (Fsp3) is 0.167. The zero-order valence-corrected chi connectivity index (χ0v) is 9.09. The molecule has 0 aliphatic heterocycles. The third-order valence-corrected chi connectivity index (χ3v) is 2.48. The van der Waals surface area contributed by atoms with E-state index in [1.807, 2.05) is 30.3 Å². The molecule has 88 valence electrons. The molecule has 0 spiro atoms. The zero-order chi connectivity index (χ0) is 12.3. The van der Waals surface area contributed by atoms with Crippen LogP contribution in [-0.4, -0.2) is 14.7 Å². The summed E-state index contributed by atoms with van der Waals surface area (Å²) < 4.78 is 1.13. The second-order valence-corrected chi connectivity index (χ2v) is 3.68. The highest BCUT2D eigenvalue weighted by Gasteiger charge is 2.04. The van der Waals surface area contributed by atoms with Gasteiger partial charge in [0.1, 0.15) is 0 Å². The maximum atomic E-state index is 11.4. The lowest BCUT2D eigenvalue weighted by atomic mass is 10.1. The summed E-state index contributed by atoms with van der Waals surface area (Å²) in [7, 11) is 0. The number of nitrogens with one attached hydrogen (secondary N) is 1. The second kappa shape index (κ2) is 4.69. The molecule has 0 unspecified atom stereocenters. The third-order valence-electron chi connectivity index (χ3n) is 2.48. The fourth-order valence-corrected chi connectivity index (χ4v) is 1.61. The number of benzene rings is 1. The van der Waals surface area contributed by atoms with Gasteiger partial charge in [-0.1, -0.05) is 30.3 Å². The van der Waals surface area contributed by atoms with Crippen LogP contribution >= 0.6 is 0 Å². The molecule has 1 aromatic carbocycles. The van der Waals surface area contributed by atoms with Crippen LogP contribution in [0.2, 0.25) is 0 Å². The molecule has 17 heavy (non-hydrogen) atoms. The van der Waals surface area contributed by atoms with Crippen molar-refractivity contribution in [3.63, 3.8) is 0 Å². The van der Waals surface area contributed by atoms with Crippen LogP contribution in [0, 0.1) is 0 Å². The van der Waals surface area contributed by atoms with Crippen LogP contribution in [0.4, 0.5) is 0 Å². The molecule has 5 heteroatoms. The number of aryl methyl sites for hydroxylation is 1. The van der Waals surface area contributed by atoms with Crippen molar-refractivity contribution < 1.29 is 5.11 Å². The molecule has 2 N–H and O–H groups in total. The van der Waals surface area contributed by atoms with Crippen LogP contribution in [0.25, 0.3) is 0 Å². The van der Waals surface area contributed by atoms with E-state index in [4.69, 9.17) is 0 Å². The Bertz CT molecular complexity index is 614. The smallest absolute Gasteiger partial charge is 0.331 e. The summed E-state index contributed by atoms with van der Waals surface area (Å²) in [5, 5.41) is 9.49. The number of hydrogen-bond acceptors (Lipinski definition) is 3. The van der Waals surface area contributed by atoms with Gasteiger partial charge in [-0.2, -0.15) is 0 Å². The normalized spacial score (nSPS) is 10.4. The molecule has 0 saturated carbocycles. The molecule has 0 amide bonds. The summed E-state index contributed by atoms with van der Waals surface area (Å²) in [5.41, 5.74) is -0.126. The Morgan fingerprint density at radius 1 is 1.18 bits per heavy atom. The highest BCUT2D eigenvalue weighted by atomic mass is 16.3. The molecule has 1 heterocycles. The number of rotatable bonds is 3. The molecule has 0 fully saturated rings. The first-order valence-corrected chi connectivity index (χ1v) is 5.24. The lowest BCUT2D eigenvalue weighted by Gasteiger charge is -2.06. The molecule has 2 aromatic rings. The molecular formula is C12H12N2O3. The third kappa shape index (κ3) is 2.63. The maximum Gasteiger partial charge on any atom is 0.331 e. The first kappa shape index (κ1) is 11.2. The van der Waals surface area contributed by atoms with E-state index in [0.717, 1.165) is 16.2 Å². The van der Waals surface area contributed by atoms with Crippen LogP contribution in [0.1, 0.15) is 5.56 Å². The van der Waals surface area contributed by atoms with Crippen molar-refractivity contribution in [2.75, 3.05) is 0 Å². The van der Waals surface area contributed by atoms with Gasteiger partial charge in [-0.05, 0) is 12.0 Å². The molecule has 0 aliphatic carbocycles. The molecule has 0 bridgehead atoms. The van der Waals surface area contributed by atoms with E-state index in [-0.39, 0.29) is 5.88 Å². The average Bonchev–Trinajstić information content (AvgIpc) is 2.29. The second-order valence-electron chi connectivity index (χ2n) is 3.68. The van der Waals surface area contributed by atoms with Gasteiger partial charge < -0.3 is 5.11 Å². The van der Waals surface area contributed by atoms with Crippen molar-refractivity contribution in [2.45, 2.75) is 13.0 Å². The maximum absolute atomic E-state index is 11.4. The van der Waals surface area contributed by atoms with Crippen LogP contribution in [0.15, 0.2) is 46.0 Å². The van der Waals surface area contributed by atoms with E-state index in [1.54, 1.807) is 0 Å². The van der Waals surface area contributed by atoms with Gasteiger partial charge >= 0.3 is 5.69 Å². The standard InChI is InChI=1S/C12H12N2O3/c15-10-8-11(16)14(12(17)13-10)7-6-9-4-2-1-3-5-9/h1-5,8,16H,6-7H2,(H,13,15,17). The molecule has 1 aromatic heterocycles. The number of aromatic hydroxyl groups is 1. The van der Waals surface area contributed by atoms with Crippen LogP contribution in [0.3, 0.4) is 0 Å². The predicted octanol–water partition coefficient (Wildman–Crippen LogP) is 0.485. The van der Waals surface area contributed by atoms with Crippen molar-refractivity contribution >= 4 is 0 Å². The largest absolute Gasteiger partial charge is 0.494 e. The Morgan fingerprint density at radius 2 is 1.88 bits per heavy atom. The average molecular weight is 232 g/mol. The summed E-state index contributed by atoms with van der Waals surface area (Å²) in [6.07, 6.45) is 0.611. The number of H-pyrrole nitrogens is 1. The van der Waals surface area contributed by atoms with E-state index in [9.17, 15) is 14.7 Å². The summed E-state index contributed by atoms with van der Waals surface area (Å²) in [6.45, 7) is 0.325. The molecule has 0 radical (unpaired) electrons. The lowest BCUT2D eigenvalue weighted by Crippen LogP contribution is -2.29. The summed E-state index contributed by atoms with van der Waals surface area (Å²) in [6, 6.07) is 10.6. The Hall–Kier alpha value is -2.30. The van der Waals surface area contributed by atoms with E-state index in [1.165, 1.54) is 0 Å². The molecule has 0 atom stereocenters. The van der Waals surface area contributed by atoms with Gasteiger partial charge in [0, 0.05) is 6.54 Å². The summed E-state index contributed by atoms with van der Waals surface area (Å²) >= 11 is 0. The molecule has 5 nitrogen and oxygen atoms in total. The predicted molar refractivity (Wildman–Crippen MR) is 63.1 cm³/mol. The van der Waals surface area contributed by atoms with Gasteiger partial charge in [0.05, 0.1) is 6.07 Å². The molecular weight excluding hydrogens is 220 g/mol. The van der Waals surface area contributed by atoms with Crippen molar-refractivity contribution in [1.82, 2.24) is 9.55 Å². The Balaban J connectivity index is 2.21. The van der Waals surface area contributed by atoms with E-state index >= 15 is 0 Å². The van der Waals surface area contributed by atoms with Gasteiger partial charge in [-0.3, -0.25) is 14.3 Å². The van der Waals surface area contributed by atoms with Gasteiger partial charge in [0.2, 0.25) is 5.88 Å². The fourth-order valence-electron chi connectivity index (χ4n) is 1.61. The van der Waals surface area contributed by atoms with Crippen LogP contribution in [-0.2, 0) is 13.0 Å². The Morgan fingerprint density at radius 3 is 2.53 bits per heavy atom. The first-order valence-electron chi connectivity index (χ1n) is 5.24. The van der Waals surface area contributed by atoms with Gasteiger partial charge in [0.15, 0.2) is 0 Å². The van der Waals surface area contributed by atoms with Crippen LogP contribution < -0.4 is 11.2 Å². The van der Waals surface area contributed by atoms with E-state index in [0.29, 0.717) is 13.0 Å². The Labute approximate surface area is 97.0 Å². The quantitative estimate of drug-likeness (QED) is 0.808. The SMILES string of the molecule is O=c1cc(O)n(CCc2ccccc2)c(=O)[nH]1. The number of hydrogen-bond donors (Lipinski definition) is 2. The lowest BCUT2D eigenvalue weighted by molar-refractivity contribution is 0.400. The topological polar surface area (TPSA) is 75.1 Å². The van der Waals surface area contributed by atoms with E-state index < -0.39 is 11.2 Å². The highest BCUT2D eigenvalue weighted by Crippen LogP contribution is 2.04. The molecule has 0 aliphatic rings. The van der Waals surface area contributed by atoms with Crippen molar-refractivity contribution in [1.29, 1.82) is 0 Å². The van der Waals surface area contributed by atoms with Crippen molar-refractivity contribution in [3.8, 4) is 5.88 Å². The van der Waals surface area contributed by atoms with Crippen LogP contribution in [0.5, 0.6) is 5.88 Å². The summed E-state index contributed by atoms with van der Waals surface area (Å²) in [5.74, 6) is -0.310. The Kier molecular flexibility index (Phi) is 3.09. The highest BCUT2D eigenvalue weighted by molar-refractivity contribution is 5.15. The number of aromatic amines is 1. The molecule has 2 rings (SSSR count). The van der Waals surface area contributed by atoms with E-state index in [2.05, 4.69) is 4.98 Å².